The fraction of sp³-hybridized carbons (Fsp3) is 0.190. The quantitative estimate of drug-likeness (QED) is 0.647. The van der Waals surface area contributed by atoms with Crippen LogP contribution in [0.25, 0.3) is 5.69 Å². The molecule has 0 aliphatic rings. The van der Waals surface area contributed by atoms with E-state index in [9.17, 15) is 9.59 Å². The number of ether oxygens (including phenoxy) is 1. The molecule has 0 saturated carbocycles. The Labute approximate surface area is 173 Å². The molecular weight excluding hydrogens is 392 g/mol. The standard InChI is InChI=1S/C21H21ClN4O3/c1-25(2)20(27)14-29-19-5-3-4-16(10-19)21(28)23-11-15-12-24-26(13-15)18-8-6-17(22)7-9-18/h3-10,12-13H,11,14H2,1-2H3,(H,23,28). The number of amides is 2. The molecule has 2 aromatic carbocycles. The number of carbonyl (C=O) groups excluding carboxylic acids is 2. The van der Waals surface area contributed by atoms with Gasteiger partial charge in [0, 0.05) is 43.0 Å². The van der Waals surface area contributed by atoms with Crippen molar-refractivity contribution in [3.05, 3.63) is 77.1 Å². The van der Waals surface area contributed by atoms with Gasteiger partial charge in [0.15, 0.2) is 6.61 Å². The highest BCUT2D eigenvalue weighted by Gasteiger charge is 2.10. The topological polar surface area (TPSA) is 76.5 Å². The van der Waals surface area contributed by atoms with Crippen molar-refractivity contribution in [2.45, 2.75) is 6.54 Å². The van der Waals surface area contributed by atoms with E-state index in [1.165, 1.54) is 4.90 Å². The molecule has 3 rings (SSSR count). The minimum atomic E-state index is -0.242. The van der Waals surface area contributed by atoms with Gasteiger partial charge in [-0.1, -0.05) is 17.7 Å². The SMILES string of the molecule is CN(C)C(=O)COc1cccc(C(=O)NCc2cnn(-c3ccc(Cl)cc3)c2)c1. The minimum absolute atomic E-state index is 0.0814. The van der Waals surface area contributed by atoms with Crippen LogP contribution in [0.4, 0.5) is 0 Å². The molecule has 0 saturated heterocycles. The molecule has 2 amide bonds. The number of carbonyl (C=O) groups is 2. The predicted molar refractivity (Wildman–Crippen MR) is 110 cm³/mol. The van der Waals surface area contributed by atoms with Crippen LogP contribution in [0, 0.1) is 0 Å². The summed E-state index contributed by atoms with van der Waals surface area (Å²) in [7, 11) is 3.31. The third-order valence-corrected chi connectivity index (χ3v) is 4.39. The van der Waals surface area contributed by atoms with Crippen molar-refractivity contribution in [3.8, 4) is 11.4 Å². The molecule has 0 fully saturated rings. The summed E-state index contributed by atoms with van der Waals surface area (Å²) in [5, 5.41) is 7.82. The molecule has 0 spiro atoms. The van der Waals surface area contributed by atoms with Gasteiger partial charge in [-0.15, -0.1) is 0 Å². The number of hydrogen-bond donors (Lipinski definition) is 1. The normalized spacial score (nSPS) is 10.4. The van der Waals surface area contributed by atoms with Crippen LogP contribution in [0.3, 0.4) is 0 Å². The van der Waals surface area contributed by atoms with Crippen LogP contribution in [-0.4, -0.2) is 47.2 Å². The van der Waals surface area contributed by atoms with E-state index in [-0.39, 0.29) is 18.4 Å². The summed E-state index contributed by atoms with van der Waals surface area (Å²) in [6.45, 7) is 0.249. The predicted octanol–water partition coefficient (Wildman–Crippen LogP) is 2.92. The van der Waals surface area contributed by atoms with Crippen LogP contribution in [0.1, 0.15) is 15.9 Å². The average Bonchev–Trinajstić information content (AvgIpc) is 3.20. The Balaban J connectivity index is 1.57. The van der Waals surface area contributed by atoms with Gasteiger partial charge in [-0.2, -0.15) is 5.10 Å². The van der Waals surface area contributed by atoms with Gasteiger partial charge in [-0.25, -0.2) is 4.68 Å². The minimum Gasteiger partial charge on any atom is -0.484 e. The Morgan fingerprint density at radius 2 is 1.93 bits per heavy atom. The van der Waals surface area contributed by atoms with Crippen molar-refractivity contribution in [3.63, 3.8) is 0 Å². The largest absolute Gasteiger partial charge is 0.484 e. The molecule has 0 aliphatic carbocycles. The summed E-state index contributed by atoms with van der Waals surface area (Å²) in [6, 6.07) is 14.0. The van der Waals surface area contributed by atoms with Crippen LogP contribution < -0.4 is 10.1 Å². The first-order valence-corrected chi connectivity index (χ1v) is 9.31. The van der Waals surface area contributed by atoms with Crippen molar-refractivity contribution in [2.24, 2.45) is 0 Å². The van der Waals surface area contributed by atoms with Gasteiger partial charge >= 0.3 is 0 Å². The zero-order valence-corrected chi connectivity index (χ0v) is 16.9. The van der Waals surface area contributed by atoms with E-state index in [0.717, 1.165) is 11.3 Å². The number of aromatic nitrogens is 2. The molecule has 1 aromatic heterocycles. The maximum Gasteiger partial charge on any atom is 0.259 e. The van der Waals surface area contributed by atoms with E-state index in [0.29, 0.717) is 22.9 Å². The van der Waals surface area contributed by atoms with Gasteiger partial charge < -0.3 is 15.0 Å². The summed E-state index contributed by atoms with van der Waals surface area (Å²) in [5.74, 6) is 0.0644. The third-order valence-electron chi connectivity index (χ3n) is 4.14. The Morgan fingerprint density at radius 1 is 1.17 bits per heavy atom. The monoisotopic (exact) mass is 412 g/mol. The lowest BCUT2D eigenvalue weighted by molar-refractivity contribution is -0.130. The van der Waals surface area contributed by atoms with E-state index in [1.54, 1.807) is 61.4 Å². The van der Waals surface area contributed by atoms with Gasteiger partial charge in [-0.3, -0.25) is 9.59 Å². The Bertz CT molecular complexity index is 999. The molecule has 150 valence electrons. The molecule has 1 N–H and O–H groups in total. The first kappa shape index (κ1) is 20.4. The van der Waals surface area contributed by atoms with Crippen molar-refractivity contribution < 1.29 is 14.3 Å². The first-order chi connectivity index (χ1) is 13.9. The molecular formula is C21H21ClN4O3. The fourth-order valence-electron chi connectivity index (χ4n) is 2.47. The van der Waals surface area contributed by atoms with E-state index in [4.69, 9.17) is 16.3 Å². The van der Waals surface area contributed by atoms with E-state index in [2.05, 4.69) is 10.4 Å². The molecule has 8 heteroatoms. The number of hydrogen-bond acceptors (Lipinski definition) is 4. The fourth-order valence-corrected chi connectivity index (χ4v) is 2.60. The molecule has 0 radical (unpaired) electrons. The number of nitrogens with one attached hydrogen (secondary N) is 1. The highest BCUT2D eigenvalue weighted by Crippen LogP contribution is 2.15. The van der Waals surface area contributed by atoms with Crippen LogP contribution in [0.5, 0.6) is 5.75 Å². The van der Waals surface area contributed by atoms with E-state index in [1.807, 2.05) is 18.3 Å². The van der Waals surface area contributed by atoms with Crippen LogP contribution in [0.2, 0.25) is 5.02 Å². The zero-order valence-electron chi connectivity index (χ0n) is 16.1. The molecule has 7 nitrogen and oxygen atoms in total. The van der Waals surface area contributed by atoms with Crippen LogP contribution >= 0.6 is 11.6 Å². The molecule has 0 aliphatic heterocycles. The second-order valence-corrected chi connectivity index (χ2v) is 6.99. The van der Waals surface area contributed by atoms with Crippen molar-refractivity contribution in [2.75, 3.05) is 20.7 Å². The Morgan fingerprint density at radius 3 is 2.66 bits per heavy atom. The van der Waals surface area contributed by atoms with E-state index < -0.39 is 0 Å². The van der Waals surface area contributed by atoms with Gasteiger partial charge in [-0.05, 0) is 42.5 Å². The average molecular weight is 413 g/mol. The molecule has 0 bridgehead atoms. The number of rotatable bonds is 7. The summed E-state index contributed by atoms with van der Waals surface area (Å²) < 4.78 is 7.17. The lowest BCUT2D eigenvalue weighted by Gasteiger charge is -2.12. The highest BCUT2D eigenvalue weighted by molar-refractivity contribution is 6.30. The number of halogens is 1. The van der Waals surface area contributed by atoms with Gasteiger partial charge in [0.25, 0.3) is 11.8 Å². The summed E-state index contributed by atoms with van der Waals surface area (Å²) in [4.78, 5) is 25.5. The second kappa shape index (κ2) is 9.25. The van der Waals surface area contributed by atoms with Gasteiger partial charge in [0.2, 0.25) is 0 Å². The van der Waals surface area contributed by atoms with E-state index >= 15 is 0 Å². The molecule has 3 aromatic rings. The lowest BCUT2D eigenvalue weighted by Crippen LogP contribution is -2.27. The number of benzene rings is 2. The molecule has 1 heterocycles. The first-order valence-electron chi connectivity index (χ1n) is 8.93. The summed E-state index contributed by atoms with van der Waals surface area (Å²) in [6.07, 6.45) is 3.54. The molecule has 0 atom stereocenters. The number of likely N-dealkylation sites (N-methyl/N-ethyl adjacent to an activating group) is 1. The van der Waals surface area contributed by atoms with Crippen LogP contribution in [-0.2, 0) is 11.3 Å². The molecule has 0 unspecified atom stereocenters. The van der Waals surface area contributed by atoms with Crippen molar-refractivity contribution in [1.29, 1.82) is 0 Å². The smallest absolute Gasteiger partial charge is 0.259 e. The zero-order chi connectivity index (χ0) is 20.8. The maximum absolute atomic E-state index is 12.4. The lowest BCUT2D eigenvalue weighted by atomic mass is 10.2. The Hall–Kier alpha value is -3.32. The maximum atomic E-state index is 12.4. The van der Waals surface area contributed by atoms with Gasteiger partial charge in [0.05, 0.1) is 11.9 Å². The van der Waals surface area contributed by atoms with Crippen molar-refractivity contribution >= 4 is 23.4 Å². The summed E-state index contributed by atoms with van der Waals surface area (Å²) >= 11 is 5.90. The van der Waals surface area contributed by atoms with Crippen LogP contribution in [0.15, 0.2) is 60.9 Å². The highest BCUT2D eigenvalue weighted by atomic mass is 35.5. The number of nitrogens with zero attached hydrogens (tertiary/aromatic N) is 3. The van der Waals surface area contributed by atoms with Gasteiger partial charge in [0.1, 0.15) is 5.75 Å². The van der Waals surface area contributed by atoms with Crippen molar-refractivity contribution in [1.82, 2.24) is 20.0 Å². The third kappa shape index (κ3) is 5.58. The summed E-state index contributed by atoms with van der Waals surface area (Å²) in [5.41, 5.74) is 2.19. The molecule has 29 heavy (non-hydrogen) atoms. The second-order valence-electron chi connectivity index (χ2n) is 6.56. The Kier molecular flexibility index (Phi) is 6.51.